The van der Waals surface area contributed by atoms with Gasteiger partial charge in [0, 0.05) is 34.9 Å². The summed E-state index contributed by atoms with van der Waals surface area (Å²) in [5, 5.41) is 14.5. The first kappa shape index (κ1) is 18.6. The number of anilines is 4. The second kappa shape index (κ2) is 8.11. The van der Waals surface area contributed by atoms with Crippen molar-refractivity contribution in [2.75, 3.05) is 10.6 Å². The van der Waals surface area contributed by atoms with Crippen molar-refractivity contribution in [3.8, 4) is 22.8 Å². The molecule has 0 spiro atoms. The van der Waals surface area contributed by atoms with Crippen LogP contribution in [0.15, 0.2) is 88.1 Å². The zero-order valence-corrected chi connectivity index (χ0v) is 16.6. The number of rotatable bonds is 6. The summed E-state index contributed by atoms with van der Waals surface area (Å²) in [4.78, 5) is 8.34. The Morgan fingerprint density at radius 1 is 0.774 bits per heavy atom. The first-order chi connectivity index (χ1) is 15.2. The summed E-state index contributed by atoms with van der Waals surface area (Å²) in [5.74, 6) is 1.12. The van der Waals surface area contributed by atoms with Gasteiger partial charge in [-0.15, -0.1) is 5.10 Å². The highest BCUT2D eigenvalue weighted by Crippen LogP contribution is 2.29. The SMILES string of the molecule is Cc1ccc(Nc2nnc(-c3ccccc3)o2)cc1Nc1ncc(-c2ccncc2)o1. The van der Waals surface area contributed by atoms with Crippen molar-refractivity contribution in [2.45, 2.75) is 6.92 Å². The maximum Gasteiger partial charge on any atom is 0.320 e. The standard InChI is InChI=1S/C23H18N6O2/c1-15-7-8-18(26-23-29-28-21(31-23)17-5-3-2-4-6-17)13-19(15)27-22-25-14-20(30-22)16-9-11-24-12-10-16/h2-14H,1H3,(H,25,27)(H,26,29). The van der Waals surface area contributed by atoms with E-state index in [0.29, 0.717) is 23.7 Å². The highest BCUT2D eigenvalue weighted by Gasteiger charge is 2.11. The van der Waals surface area contributed by atoms with Crippen LogP contribution in [0.25, 0.3) is 22.8 Å². The predicted molar refractivity (Wildman–Crippen MR) is 117 cm³/mol. The van der Waals surface area contributed by atoms with Crippen LogP contribution in [0.2, 0.25) is 0 Å². The topological polar surface area (TPSA) is 102 Å². The van der Waals surface area contributed by atoms with Crippen molar-refractivity contribution >= 4 is 23.4 Å². The number of benzene rings is 2. The molecule has 5 rings (SSSR count). The van der Waals surface area contributed by atoms with E-state index in [-0.39, 0.29) is 0 Å². The van der Waals surface area contributed by atoms with E-state index in [4.69, 9.17) is 8.83 Å². The van der Waals surface area contributed by atoms with E-state index >= 15 is 0 Å². The number of pyridine rings is 1. The van der Waals surface area contributed by atoms with Crippen molar-refractivity contribution in [1.29, 1.82) is 0 Å². The molecule has 0 unspecified atom stereocenters. The first-order valence-corrected chi connectivity index (χ1v) is 9.64. The van der Waals surface area contributed by atoms with Gasteiger partial charge in [-0.25, -0.2) is 4.98 Å². The predicted octanol–water partition coefficient (Wildman–Crippen LogP) is 5.58. The Morgan fingerprint density at radius 2 is 1.61 bits per heavy atom. The number of nitrogens with zero attached hydrogens (tertiary/aromatic N) is 4. The van der Waals surface area contributed by atoms with E-state index in [0.717, 1.165) is 28.1 Å². The van der Waals surface area contributed by atoms with E-state index in [1.165, 1.54) is 0 Å². The summed E-state index contributed by atoms with van der Waals surface area (Å²) >= 11 is 0. The monoisotopic (exact) mass is 410 g/mol. The first-order valence-electron chi connectivity index (χ1n) is 9.64. The fraction of sp³-hybridized carbons (Fsp3) is 0.0435. The molecule has 0 fully saturated rings. The van der Waals surface area contributed by atoms with Crippen molar-refractivity contribution < 1.29 is 8.83 Å². The number of hydrogen-bond acceptors (Lipinski definition) is 8. The molecule has 0 radical (unpaired) electrons. The van der Waals surface area contributed by atoms with Gasteiger partial charge < -0.3 is 19.5 Å². The summed E-state index contributed by atoms with van der Waals surface area (Å²) in [7, 11) is 0. The van der Waals surface area contributed by atoms with Crippen LogP contribution in [0.5, 0.6) is 0 Å². The Morgan fingerprint density at radius 3 is 2.45 bits per heavy atom. The third-order valence-electron chi connectivity index (χ3n) is 4.65. The Kier molecular flexibility index (Phi) is 4.86. The Labute approximate surface area is 178 Å². The molecular formula is C23H18N6O2. The van der Waals surface area contributed by atoms with Crippen LogP contribution < -0.4 is 10.6 Å². The zero-order valence-electron chi connectivity index (χ0n) is 16.6. The van der Waals surface area contributed by atoms with Crippen molar-refractivity contribution in [3.63, 3.8) is 0 Å². The fourth-order valence-electron chi connectivity index (χ4n) is 3.03. The van der Waals surface area contributed by atoms with Crippen molar-refractivity contribution in [3.05, 3.63) is 84.8 Å². The third kappa shape index (κ3) is 4.13. The van der Waals surface area contributed by atoms with Gasteiger partial charge in [0.2, 0.25) is 5.89 Å². The lowest BCUT2D eigenvalue weighted by Gasteiger charge is -2.09. The van der Waals surface area contributed by atoms with Crippen LogP contribution in [0, 0.1) is 6.92 Å². The van der Waals surface area contributed by atoms with Gasteiger partial charge in [-0.1, -0.05) is 29.4 Å². The maximum atomic E-state index is 5.83. The summed E-state index contributed by atoms with van der Waals surface area (Å²) in [6.07, 6.45) is 5.11. The van der Waals surface area contributed by atoms with Crippen LogP contribution in [-0.4, -0.2) is 20.2 Å². The molecule has 3 heterocycles. The van der Waals surface area contributed by atoms with Gasteiger partial charge in [-0.05, 0) is 48.9 Å². The summed E-state index contributed by atoms with van der Waals surface area (Å²) < 4.78 is 11.6. The van der Waals surface area contributed by atoms with Gasteiger partial charge in [-0.3, -0.25) is 4.98 Å². The van der Waals surface area contributed by atoms with Crippen LogP contribution in [0.1, 0.15) is 5.56 Å². The second-order valence-electron chi connectivity index (χ2n) is 6.82. The van der Waals surface area contributed by atoms with Gasteiger partial charge in [0.1, 0.15) is 0 Å². The largest absolute Gasteiger partial charge is 0.423 e. The maximum absolute atomic E-state index is 5.83. The Bertz CT molecular complexity index is 1300. The smallest absolute Gasteiger partial charge is 0.320 e. The molecule has 2 N–H and O–H groups in total. The molecule has 5 aromatic rings. The minimum absolute atomic E-state index is 0.310. The quantitative estimate of drug-likeness (QED) is 0.374. The molecule has 2 aromatic carbocycles. The molecule has 0 aliphatic heterocycles. The molecule has 0 atom stereocenters. The summed E-state index contributed by atoms with van der Waals surface area (Å²) in [6.45, 7) is 2.00. The lowest BCUT2D eigenvalue weighted by molar-refractivity contribution is 0.587. The number of aromatic nitrogens is 4. The molecule has 0 aliphatic rings. The van der Waals surface area contributed by atoms with Crippen LogP contribution in [0.4, 0.5) is 23.4 Å². The molecule has 8 nitrogen and oxygen atoms in total. The molecule has 0 bridgehead atoms. The van der Waals surface area contributed by atoms with Crippen LogP contribution in [-0.2, 0) is 0 Å². The lowest BCUT2D eigenvalue weighted by Crippen LogP contribution is -1.96. The zero-order chi connectivity index (χ0) is 21.0. The van der Waals surface area contributed by atoms with Crippen LogP contribution >= 0.6 is 0 Å². The van der Waals surface area contributed by atoms with Gasteiger partial charge in [-0.2, -0.15) is 0 Å². The molecule has 0 saturated heterocycles. The van der Waals surface area contributed by atoms with E-state index < -0.39 is 0 Å². The molecule has 3 aromatic heterocycles. The number of nitrogens with one attached hydrogen (secondary N) is 2. The lowest BCUT2D eigenvalue weighted by atomic mass is 10.2. The van der Waals surface area contributed by atoms with Crippen LogP contribution in [0.3, 0.4) is 0 Å². The van der Waals surface area contributed by atoms with E-state index in [9.17, 15) is 0 Å². The van der Waals surface area contributed by atoms with Crippen molar-refractivity contribution in [2.24, 2.45) is 0 Å². The average Bonchev–Trinajstić information content (AvgIpc) is 3.47. The Balaban J connectivity index is 1.33. The fourth-order valence-corrected chi connectivity index (χ4v) is 3.03. The van der Waals surface area contributed by atoms with E-state index in [2.05, 4.69) is 30.8 Å². The molecule has 8 heteroatoms. The van der Waals surface area contributed by atoms with Gasteiger partial charge >= 0.3 is 6.01 Å². The third-order valence-corrected chi connectivity index (χ3v) is 4.65. The molecule has 152 valence electrons. The van der Waals surface area contributed by atoms with Crippen molar-refractivity contribution in [1.82, 2.24) is 20.2 Å². The highest BCUT2D eigenvalue weighted by molar-refractivity contribution is 5.68. The highest BCUT2D eigenvalue weighted by atomic mass is 16.4. The number of hydrogen-bond donors (Lipinski definition) is 2. The van der Waals surface area contributed by atoms with Gasteiger partial charge in [0.15, 0.2) is 5.76 Å². The minimum Gasteiger partial charge on any atom is -0.423 e. The Hall–Kier alpha value is -4.46. The molecular weight excluding hydrogens is 392 g/mol. The molecule has 0 amide bonds. The van der Waals surface area contributed by atoms with E-state index in [1.54, 1.807) is 18.6 Å². The van der Waals surface area contributed by atoms with Gasteiger partial charge in [0.05, 0.1) is 6.20 Å². The average molecular weight is 410 g/mol. The molecule has 0 aliphatic carbocycles. The number of aryl methyl sites for hydroxylation is 1. The normalized spacial score (nSPS) is 10.7. The summed E-state index contributed by atoms with van der Waals surface area (Å²) in [6, 6.07) is 19.9. The molecule has 31 heavy (non-hydrogen) atoms. The second-order valence-corrected chi connectivity index (χ2v) is 6.82. The molecule has 0 saturated carbocycles. The van der Waals surface area contributed by atoms with E-state index in [1.807, 2.05) is 67.6 Å². The summed E-state index contributed by atoms with van der Waals surface area (Å²) in [5.41, 5.74) is 4.44. The van der Waals surface area contributed by atoms with Gasteiger partial charge in [0.25, 0.3) is 6.01 Å². The number of oxazole rings is 1. The minimum atomic E-state index is 0.310.